The predicted molar refractivity (Wildman–Crippen MR) is 99.8 cm³/mol. The number of carbonyl (C=O) groups excluding carboxylic acids is 1. The van der Waals surface area contributed by atoms with Crippen molar-refractivity contribution >= 4 is 12.0 Å². The smallest absolute Gasteiger partial charge is 0.431 e. The van der Waals surface area contributed by atoms with E-state index in [2.05, 4.69) is 11.6 Å². The zero-order valence-corrected chi connectivity index (χ0v) is 15.9. The van der Waals surface area contributed by atoms with Gasteiger partial charge in [-0.1, -0.05) is 19.1 Å². The predicted octanol–water partition coefficient (Wildman–Crippen LogP) is 2.41. The molecule has 1 fully saturated rings. The molecular formula is C19H25F2N3O5. The second-order valence-corrected chi connectivity index (χ2v) is 7.11. The lowest BCUT2D eigenvalue weighted by atomic mass is 10.0. The minimum Gasteiger partial charge on any atom is -0.431 e. The summed E-state index contributed by atoms with van der Waals surface area (Å²) in [7, 11) is 0. The molecule has 1 saturated heterocycles. The van der Waals surface area contributed by atoms with Crippen LogP contribution in [0.15, 0.2) is 41.8 Å². The average Bonchev–Trinajstić information content (AvgIpc) is 2.85. The average molecular weight is 413 g/mol. The van der Waals surface area contributed by atoms with Crippen LogP contribution < -0.4 is 5.73 Å². The SMILES string of the molecule is C=C1N=C(N)C=CN1[C@@H]1O[C@H](COC(=O)OC2/C=C/CCCCC2)C(O)C1(F)F. The van der Waals surface area contributed by atoms with Crippen molar-refractivity contribution in [3.8, 4) is 0 Å². The molecule has 4 atom stereocenters. The van der Waals surface area contributed by atoms with Gasteiger partial charge in [0.15, 0.2) is 6.10 Å². The number of alkyl halides is 2. The summed E-state index contributed by atoms with van der Waals surface area (Å²) in [5.74, 6) is -3.60. The summed E-state index contributed by atoms with van der Waals surface area (Å²) >= 11 is 0. The van der Waals surface area contributed by atoms with E-state index in [1.807, 2.05) is 6.08 Å². The van der Waals surface area contributed by atoms with Crippen LogP contribution in [-0.4, -0.2) is 59.1 Å². The number of allylic oxidation sites excluding steroid dienone is 1. The molecule has 0 bridgehead atoms. The van der Waals surface area contributed by atoms with E-state index in [1.54, 1.807) is 6.08 Å². The standard InChI is InChI=1S/C19H25F2N3O5/c1-12-23-15(22)9-10-24(12)17-19(20,21)16(25)14(29-17)11-27-18(26)28-13-7-5-3-2-4-6-8-13/h5,7,9-10,13-14,16-17,25H,1-4,6,8,11H2,(H2,22,23)/b7-5+/t13?,14-,16?,17-/m1/s1. The van der Waals surface area contributed by atoms with Gasteiger partial charge in [0.25, 0.3) is 0 Å². The van der Waals surface area contributed by atoms with Crippen molar-refractivity contribution < 1.29 is 32.9 Å². The van der Waals surface area contributed by atoms with Gasteiger partial charge in [-0.15, -0.1) is 0 Å². The van der Waals surface area contributed by atoms with Gasteiger partial charge in [-0.25, -0.2) is 9.79 Å². The van der Waals surface area contributed by atoms with E-state index >= 15 is 0 Å². The fourth-order valence-electron chi connectivity index (χ4n) is 3.34. The summed E-state index contributed by atoms with van der Waals surface area (Å²) in [6.45, 7) is 2.97. The summed E-state index contributed by atoms with van der Waals surface area (Å²) in [5, 5.41) is 10.00. The van der Waals surface area contributed by atoms with Crippen LogP contribution in [0.5, 0.6) is 0 Å². The maximum absolute atomic E-state index is 14.5. The van der Waals surface area contributed by atoms with E-state index in [0.29, 0.717) is 6.42 Å². The molecule has 3 rings (SSSR count). The molecule has 1 aliphatic carbocycles. The Kier molecular flexibility index (Phi) is 6.53. The zero-order chi connectivity index (χ0) is 21.0. The number of nitrogens with zero attached hydrogens (tertiary/aromatic N) is 2. The van der Waals surface area contributed by atoms with Gasteiger partial charge in [0.05, 0.1) is 0 Å². The van der Waals surface area contributed by atoms with Crippen molar-refractivity contribution in [1.29, 1.82) is 0 Å². The number of aliphatic hydroxyl groups is 1. The number of rotatable bonds is 4. The fraction of sp³-hybridized carbons (Fsp3) is 0.579. The van der Waals surface area contributed by atoms with Crippen LogP contribution in [-0.2, 0) is 14.2 Å². The summed E-state index contributed by atoms with van der Waals surface area (Å²) < 4.78 is 44.5. The van der Waals surface area contributed by atoms with Gasteiger partial charge in [-0.2, -0.15) is 8.78 Å². The van der Waals surface area contributed by atoms with E-state index < -0.39 is 43.2 Å². The number of amidine groups is 1. The number of hydrogen-bond donors (Lipinski definition) is 2. The fourth-order valence-corrected chi connectivity index (χ4v) is 3.34. The van der Waals surface area contributed by atoms with Crippen LogP contribution in [0.4, 0.5) is 13.6 Å². The molecule has 0 aromatic heterocycles. The zero-order valence-electron chi connectivity index (χ0n) is 15.9. The van der Waals surface area contributed by atoms with Crippen molar-refractivity contribution in [1.82, 2.24) is 4.90 Å². The Balaban J connectivity index is 1.56. The summed E-state index contributed by atoms with van der Waals surface area (Å²) in [5.41, 5.74) is 5.51. The number of halogens is 2. The molecule has 2 aliphatic heterocycles. The highest BCUT2D eigenvalue weighted by molar-refractivity contribution is 5.92. The molecular weight excluding hydrogens is 388 g/mol. The van der Waals surface area contributed by atoms with E-state index in [-0.39, 0.29) is 11.7 Å². The topological polar surface area (TPSA) is 107 Å². The first-order valence-corrected chi connectivity index (χ1v) is 9.50. The van der Waals surface area contributed by atoms with Crippen LogP contribution >= 0.6 is 0 Å². The van der Waals surface area contributed by atoms with E-state index in [0.717, 1.165) is 30.6 Å². The molecule has 29 heavy (non-hydrogen) atoms. The number of carbonyl (C=O) groups is 1. The molecule has 0 radical (unpaired) electrons. The molecule has 160 valence electrons. The number of hydrogen-bond acceptors (Lipinski definition) is 8. The van der Waals surface area contributed by atoms with Crippen LogP contribution in [0.25, 0.3) is 0 Å². The van der Waals surface area contributed by atoms with Gasteiger partial charge < -0.3 is 30.0 Å². The molecule has 10 heteroatoms. The van der Waals surface area contributed by atoms with Gasteiger partial charge in [0.1, 0.15) is 30.5 Å². The number of ether oxygens (including phenoxy) is 3. The molecule has 3 N–H and O–H groups in total. The van der Waals surface area contributed by atoms with E-state index in [1.165, 1.54) is 12.3 Å². The molecule has 0 aromatic rings. The Hall–Kier alpha value is -2.46. The molecule has 0 aromatic carbocycles. The molecule has 8 nitrogen and oxygen atoms in total. The lowest BCUT2D eigenvalue weighted by molar-refractivity contribution is -0.148. The van der Waals surface area contributed by atoms with Crippen LogP contribution in [0.1, 0.15) is 32.1 Å². The van der Waals surface area contributed by atoms with Crippen LogP contribution in [0, 0.1) is 0 Å². The third-order valence-corrected chi connectivity index (χ3v) is 4.92. The van der Waals surface area contributed by atoms with E-state index in [4.69, 9.17) is 19.9 Å². The lowest BCUT2D eigenvalue weighted by Crippen LogP contribution is -2.47. The Morgan fingerprint density at radius 1 is 1.45 bits per heavy atom. The minimum atomic E-state index is -3.66. The number of aliphatic hydroxyl groups excluding tert-OH is 1. The van der Waals surface area contributed by atoms with Gasteiger partial charge in [-0.3, -0.25) is 0 Å². The molecule has 3 aliphatic rings. The molecule has 2 unspecified atom stereocenters. The summed E-state index contributed by atoms with van der Waals surface area (Å²) in [6.07, 6.45) is 4.02. The van der Waals surface area contributed by atoms with Crippen LogP contribution in [0.2, 0.25) is 0 Å². The lowest BCUT2D eigenvalue weighted by Gasteiger charge is -2.31. The van der Waals surface area contributed by atoms with Gasteiger partial charge in [0, 0.05) is 6.20 Å². The van der Waals surface area contributed by atoms with E-state index in [9.17, 15) is 18.7 Å². The Morgan fingerprint density at radius 2 is 2.24 bits per heavy atom. The first-order chi connectivity index (χ1) is 13.8. The molecule has 0 amide bonds. The van der Waals surface area contributed by atoms with Crippen molar-refractivity contribution in [3.05, 3.63) is 36.8 Å². The first-order valence-electron chi connectivity index (χ1n) is 9.50. The Labute approximate surface area is 167 Å². The highest BCUT2D eigenvalue weighted by Crippen LogP contribution is 2.40. The Morgan fingerprint density at radius 3 is 3.00 bits per heavy atom. The monoisotopic (exact) mass is 413 g/mol. The second kappa shape index (κ2) is 8.91. The summed E-state index contributed by atoms with van der Waals surface area (Å²) in [4.78, 5) is 16.7. The normalized spacial score (nSPS) is 32.9. The molecule has 0 spiro atoms. The maximum atomic E-state index is 14.5. The van der Waals surface area contributed by atoms with Gasteiger partial charge in [-0.05, 0) is 37.8 Å². The van der Waals surface area contributed by atoms with Gasteiger partial charge >= 0.3 is 12.1 Å². The van der Waals surface area contributed by atoms with Crippen molar-refractivity contribution in [2.24, 2.45) is 10.7 Å². The summed E-state index contributed by atoms with van der Waals surface area (Å²) in [6, 6.07) is 0. The molecule has 2 heterocycles. The van der Waals surface area contributed by atoms with Gasteiger partial charge in [0.2, 0.25) is 6.23 Å². The van der Waals surface area contributed by atoms with Crippen LogP contribution in [0.3, 0.4) is 0 Å². The number of aliphatic imine (C=N–C) groups is 1. The van der Waals surface area contributed by atoms with Crippen molar-refractivity contribution in [3.63, 3.8) is 0 Å². The maximum Gasteiger partial charge on any atom is 0.508 e. The highest BCUT2D eigenvalue weighted by atomic mass is 19.3. The molecule has 0 saturated carbocycles. The first kappa shape index (κ1) is 21.3. The third-order valence-electron chi connectivity index (χ3n) is 4.92. The second-order valence-electron chi connectivity index (χ2n) is 7.11. The van der Waals surface area contributed by atoms with Crippen molar-refractivity contribution in [2.75, 3.05) is 6.61 Å². The highest BCUT2D eigenvalue weighted by Gasteiger charge is 2.61. The van der Waals surface area contributed by atoms with Crippen molar-refractivity contribution in [2.45, 2.75) is 62.6 Å². The largest absolute Gasteiger partial charge is 0.508 e. The Bertz CT molecular complexity index is 725. The third kappa shape index (κ3) is 4.94. The quantitative estimate of drug-likeness (QED) is 0.538. The minimum absolute atomic E-state index is 0.0566. The number of nitrogens with two attached hydrogens (primary N) is 1.